The topological polar surface area (TPSA) is 74.7 Å². The third-order valence-corrected chi connectivity index (χ3v) is 8.11. The first-order valence-electron chi connectivity index (χ1n) is 9.51. The quantitative estimate of drug-likeness (QED) is 0.611. The second kappa shape index (κ2) is 8.18. The van der Waals surface area contributed by atoms with Gasteiger partial charge in [0.2, 0.25) is 10.0 Å². The number of carboxylic acid groups (broad SMARTS) is 1. The zero-order valence-electron chi connectivity index (χ0n) is 16.3. The number of carbonyl (C=O) groups is 1. The molecule has 1 N–H and O–H groups in total. The van der Waals surface area contributed by atoms with Crippen molar-refractivity contribution in [3.05, 3.63) is 99.8 Å². The van der Waals surface area contributed by atoms with Gasteiger partial charge in [-0.1, -0.05) is 60.2 Å². The Kier molecular flexibility index (Phi) is 5.60. The molecule has 0 aliphatic carbocycles. The van der Waals surface area contributed by atoms with Crippen LogP contribution in [0.5, 0.6) is 0 Å². The average molecular weight is 440 g/mol. The van der Waals surface area contributed by atoms with Gasteiger partial charge in [0, 0.05) is 4.88 Å². The van der Waals surface area contributed by atoms with Crippen LogP contribution in [-0.2, 0) is 14.8 Å². The van der Waals surface area contributed by atoms with E-state index in [0.29, 0.717) is 12.0 Å². The van der Waals surface area contributed by atoms with Crippen LogP contribution in [0.15, 0.2) is 88.7 Å². The van der Waals surface area contributed by atoms with Gasteiger partial charge in [-0.05, 0) is 42.5 Å². The van der Waals surface area contributed by atoms with Crippen molar-refractivity contribution in [2.75, 3.05) is 0 Å². The zero-order valence-corrected chi connectivity index (χ0v) is 17.9. The Morgan fingerprint density at radius 2 is 1.73 bits per heavy atom. The number of rotatable bonds is 5. The number of hydrogen-bond donors (Lipinski definition) is 1. The molecule has 0 unspecified atom stereocenters. The van der Waals surface area contributed by atoms with Gasteiger partial charge in [-0.2, -0.15) is 4.31 Å². The maximum atomic E-state index is 13.9. The maximum Gasteiger partial charge on any atom is 0.333 e. The standard InChI is InChI=1S/C23H21NO4S2/c1-16-9-11-18(12-10-16)30(27,28)24-20(21-8-5-15-29-21)14-13-19(23(25)26)22(24)17-6-3-2-4-7-17/h2-13,15,20,22H,14H2,1H3,(H,25,26)/t20-,22-/m0/s1. The van der Waals surface area contributed by atoms with Crippen molar-refractivity contribution in [3.8, 4) is 0 Å². The highest BCUT2D eigenvalue weighted by molar-refractivity contribution is 7.89. The molecule has 4 rings (SSSR count). The van der Waals surface area contributed by atoms with Crippen LogP contribution in [0.4, 0.5) is 0 Å². The van der Waals surface area contributed by atoms with E-state index >= 15 is 0 Å². The number of nitrogens with zero attached hydrogens (tertiary/aromatic N) is 1. The van der Waals surface area contributed by atoms with Gasteiger partial charge in [0.25, 0.3) is 0 Å². The monoisotopic (exact) mass is 439 g/mol. The fourth-order valence-electron chi connectivity index (χ4n) is 3.80. The van der Waals surface area contributed by atoms with Crippen molar-refractivity contribution < 1.29 is 18.3 Å². The minimum absolute atomic E-state index is 0.0738. The maximum absolute atomic E-state index is 13.9. The first-order valence-corrected chi connectivity index (χ1v) is 11.8. The molecule has 1 aromatic heterocycles. The van der Waals surface area contributed by atoms with Crippen molar-refractivity contribution in [2.24, 2.45) is 0 Å². The summed E-state index contributed by atoms with van der Waals surface area (Å²) in [5.41, 5.74) is 1.65. The molecule has 0 saturated heterocycles. The molecule has 0 amide bonds. The molecule has 2 heterocycles. The largest absolute Gasteiger partial charge is 0.478 e. The molecular weight excluding hydrogens is 418 g/mol. The first kappa shape index (κ1) is 20.5. The summed E-state index contributed by atoms with van der Waals surface area (Å²) in [6, 6.07) is 18.0. The molecular formula is C23H21NO4S2. The lowest BCUT2D eigenvalue weighted by molar-refractivity contribution is -0.133. The van der Waals surface area contributed by atoms with E-state index in [0.717, 1.165) is 10.4 Å². The lowest BCUT2D eigenvalue weighted by Gasteiger charge is -2.40. The fraction of sp³-hybridized carbons (Fsp3) is 0.174. The van der Waals surface area contributed by atoms with Gasteiger partial charge in [0.05, 0.1) is 22.6 Å². The predicted octanol–water partition coefficient (Wildman–Crippen LogP) is 4.94. The van der Waals surface area contributed by atoms with Crippen molar-refractivity contribution in [3.63, 3.8) is 0 Å². The molecule has 2 atom stereocenters. The lowest BCUT2D eigenvalue weighted by atomic mass is 9.91. The normalized spacial score (nSPS) is 20.0. The highest BCUT2D eigenvalue weighted by Gasteiger charge is 2.44. The molecule has 7 heteroatoms. The summed E-state index contributed by atoms with van der Waals surface area (Å²) in [5, 5.41) is 11.8. The van der Waals surface area contributed by atoms with Crippen molar-refractivity contribution in [1.29, 1.82) is 0 Å². The minimum Gasteiger partial charge on any atom is -0.478 e. The fourth-order valence-corrected chi connectivity index (χ4v) is 6.47. The van der Waals surface area contributed by atoms with E-state index in [1.165, 1.54) is 15.6 Å². The van der Waals surface area contributed by atoms with Gasteiger partial charge in [0.15, 0.2) is 0 Å². The van der Waals surface area contributed by atoms with Crippen molar-refractivity contribution in [2.45, 2.75) is 30.3 Å². The molecule has 0 fully saturated rings. The van der Waals surface area contributed by atoms with Gasteiger partial charge in [-0.3, -0.25) is 0 Å². The molecule has 1 aliphatic heterocycles. The van der Waals surface area contributed by atoms with E-state index in [4.69, 9.17) is 0 Å². The van der Waals surface area contributed by atoms with Gasteiger partial charge in [0.1, 0.15) is 0 Å². The van der Waals surface area contributed by atoms with Crippen LogP contribution in [0, 0.1) is 6.92 Å². The molecule has 0 bridgehead atoms. The van der Waals surface area contributed by atoms with Crippen LogP contribution in [0.2, 0.25) is 0 Å². The Bertz CT molecular complexity index is 1170. The Labute approximate surface area is 180 Å². The van der Waals surface area contributed by atoms with E-state index in [-0.39, 0.29) is 10.5 Å². The summed E-state index contributed by atoms with van der Waals surface area (Å²) in [5.74, 6) is -1.11. The number of carboxylic acids is 1. The van der Waals surface area contributed by atoms with Gasteiger partial charge in [-0.25, -0.2) is 13.2 Å². The Hall–Kier alpha value is -2.74. The first-order chi connectivity index (χ1) is 14.4. The zero-order chi connectivity index (χ0) is 21.3. The average Bonchev–Trinajstić information content (AvgIpc) is 3.28. The molecule has 1 aliphatic rings. The summed E-state index contributed by atoms with van der Waals surface area (Å²) >= 11 is 1.47. The summed E-state index contributed by atoms with van der Waals surface area (Å²) < 4.78 is 29.1. The second-order valence-electron chi connectivity index (χ2n) is 7.19. The van der Waals surface area contributed by atoms with E-state index in [1.807, 2.05) is 30.5 Å². The van der Waals surface area contributed by atoms with Crippen molar-refractivity contribution >= 4 is 27.3 Å². The number of sulfonamides is 1. The number of aryl methyl sites for hydroxylation is 1. The highest BCUT2D eigenvalue weighted by Crippen LogP contribution is 2.46. The highest BCUT2D eigenvalue weighted by atomic mass is 32.2. The van der Waals surface area contributed by atoms with E-state index < -0.39 is 28.1 Å². The van der Waals surface area contributed by atoms with Crippen LogP contribution < -0.4 is 0 Å². The van der Waals surface area contributed by atoms with Gasteiger partial charge >= 0.3 is 5.97 Å². The SMILES string of the molecule is Cc1ccc(S(=O)(=O)N2[C@@H](c3ccccc3)C(C(=O)O)=CC[C@H]2c2cccs2)cc1. The summed E-state index contributed by atoms with van der Waals surface area (Å²) in [4.78, 5) is 13.1. The molecule has 30 heavy (non-hydrogen) atoms. The molecule has 154 valence electrons. The summed E-state index contributed by atoms with van der Waals surface area (Å²) in [6.45, 7) is 1.89. The lowest BCUT2D eigenvalue weighted by Crippen LogP contribution is -2.42. The van der Waals surface area contributed by atoms with Gasteiger partial charge < -0.3 is 5.11 Å². The molecule has 5 nitrogen and oxygen atoms in total. The van der Waals surface area contributed by atoms with Crippen molar-refractivity contribution in [1.82, 2.24) is 4.31 Å². The Morgan fingerprint density at radius 3 is 2.33 bits per heavy atom. The summed E-state index contributed by atoms with van der Waals surface area (Å²) in [6.07, 6.45) is 1.96. The molecule has 0 radical (unpaired) electrons. The summed E-state index contributed by atoms with van der Waals surface area (Å²) in [7, 11) is -3.98. The van der Waals surface area contributed by atoms with E-state index in [1.54, 1.807) is 54.6 Å². The third-order valence-electron chi connectivity index (χ3n) is 5.25. The number of hydrogen-bond acceptors (Lipinski definition) is 4. The minimum atomic E-state index is -3.98. The molecule has 0 spiro atoms. The second-order valence-corrected chi connectivity index (χ2v) is 10.0. The predicted molar refractivity (Wildman–Crippen MR) is 117 cm³/mol. The number of aliphatic carboxylic acids is 1. The van der Waals surface area contributed by atoms with Crippen LogP contribution in [0.1, 0.15) is 34.5 Å². The number of thiophene rings is 1. The smallest absolute Gasteiger partial charge is 0.333 e. The van der Waals surface area contributed by atoms with Crippen LogP contribution in [0.3, 0.4) is 0 Å². The third kappa shape index (κ3) is 3.71. The molecule has 2 aromatic carbocycles. The number of benzene rings is 2. The van der Waals surface area contributed by atoms with E-state index in [2.05, 4.69) is 0 Å². The van der Waals surface area contributed by atoms with Crippen LogP contribution in [0.25, 0.3) is 0 Å². The van der Waals surface area contributed by atoms with E-state index in [9.17, 15) is 18.3 Å². The molecule has 3 aromatic rings. The Morgan fingerprint density at radius 1 is 1.03 bits per heavy atom. The molecule has 0 saturated carbocycles. The van der Waals surface area contributed by atoms with Crippen LogP contribution >= 0.6 is 11.3 Å². The Balaban J connectivity index is 1.95. The van der Waals surface area contributed by atoms with Crippen LogP contribution in [-0.4, -0.2) is 23.8 Å². The van der Waals surface area contributed by atoms with Gasteiger partial charge in [-0.15, -0.1) is 11.3 Å².